The van der Waals surface area contributed by atoms with E-state index in [0.717, 1.165) is 0 Å². The maximum Gasteiger partial charge on any atom is 0.261 e. The van der Waals surface area contributed by atoms with Crippen molar-refractivity contribution in [3.8, 4) is 5.75 Å². The highest BCUT2D eigenvalue weighted by Gasteiger charge is 2.34. The molecule has 3 aromatic carbocycles. The SMILES string of the molecule is CC(=O)N1N=C(c2ccccc2NS(=O)(=O)c2ccccc2)CC1c1ccccc1O. The lowest BCUT2D eigenvalue weighted by molar-refractivity contribution is -0.130. The maximum atomic E-state index is 12.8. The number of rotatable bonds is 5. The average molecular weight is 436 g/mol. The van der Waals surface area contributed by atoms with Crippen LogP contribution in [0.5, 0.6) is 5.75 Å². The third-order valence-corrected chi connectivity index (χ3v) is 6.45. The predicted octanol–water partition coefficient (Wildman–Crippen LogP) is 3.89. The smallest absolute Gasteiger partial charge is 0.261 e. The lowest BCUT2D eigenvalue weighted by atomic mass is 9.97. The number of nitrogens with zero attached hydrogens (tertiary/aromatic N) is 2. The van der Waals surface area contributed by atoms with Crippen LogP contribution in [0.15, 0.2) is 88.9 Å². The molecule has 8 heteroatoms. The van der Waals surface area contributed by atoms with Crippen molar-refractivity contribution in [3.05, 3.63) is 90.0 Å². The third kappa shape index (κ3) is 4.15. The van der Waals surface area contributed by atoms with E-state index in [2.05, 4.69) is 9.82 Å². The second-order valence-electron chi connectivity index (χ2n) is 7.15. The Morgan fingerprint density at radius 2 is 1.65 bits per heavy atom. The van der Waals surface area contributed by atoms with E-state index in [1.54, 1.807) is 66.7 Å². The number of anilines is 1. The fourth-order valence-electron chi connectivity index (χ4n) is 3.60. The number of carbonyl (C=O) groups is 1. The van der Waals surface area contributed by atoms with E-state index < -0.39 is 16.1 Å². The topological polar surface area (TPSA) is 99.1 Å². The van der Waals surface area contributed by atoms with Gasteiger partial charge in [-0.05, 0) is 24.3 Å². The van der Waals surface area contributed by atoms with Crippen LogP contribution >= 0.6 is 0 Å². The molecule has 0 bridgehead atoms. The van der Waals surface area contributed by atoms with E-state index in [0.29, 0.717) is 28.9 Å². The molecule has 158 valence electrons. The molecule has 0 fully saturated rings. The van der Waals surface area contributed by atoms with Crippen molar-refractivity contribution < 1.29 is 18.3 Å². The number of amides is 1. The van der Waals surface area contributed by atoms with Crippen LogP contribution in [-0.4, -0.2) is 30.2 Å². The summed E-state index contributed by atoms with van der Waals surface area (Å²) in [7, 11) is -3.79. The molecule has 1 atom stereocenters. The fraction of sp³-hybridized carbons (Fsp3) is 0.130. The second-order valence-corrected chi connectivity index (χ2v) is 8.84. The molecule has 0 spiro atoms. The van der Waals surface area contributed by atoms with E-state index in [9.17, 15) is 18.3 Å². The standard InChI is InChI=1S/C23H21N3O4S/c1-16(27)26-22(19-12-6-8-14-23(19)28)15-21(24-26)18-11-5-7-13-20(18)25-31(29,30)17-9-3-2-4-10-17/h2-14,22,25,28H,15H2,1H3. The Morgan fingerprint density at radius 1 is 1.00 bits per heavy atom. The van der Waals surface area contributed by atoms with Gasteiger partial charge in [0, 0.05) is 24.5 Å². The average Bonchev–Trinajstić information content (AvgIpc) is 3.20. The van der Waals surface area contributed by atoms with Crippen LogP contribution < -0.4 is 4.72 Å². The minimum atomic E-state index is -3.79. The highest BCUT2D eigenvalue weighted by molar-refractivity contribution is 7.92. The second kappa shape index (κ2) is 8.23. The normalized spacial score (nSPS) is 16.1. The zero-order valence-corrected chi connectivity index (χ0v) is 17.6. The van der Waals surface area contributed by atoms with Gasteiger partial charge in [-0.1, -0.05) is 54.6 Å². The van der Waals surface area contributed by atoms with Crippen LogP contribution in [0.4, 0.5) is 5.69 Å². The number of phenols is 1. The van der Waals surface area contributed by atoms with Crippen molar-refractivity contribution in [2.75, 3.05) is 4.72 Å². The Morgan fingerprint density at radius 3 is 2.35 bits per heavy atom. The molecule has 0 saturated heterocycles. The Kier molecular flexibility index (Phi) is 5.48. The summed E-state index contributed by atoms with van der Waals surface area (Å²) in [6.45, 7) is 1.41. The summed E-state index contributed by atoms with van der Waals surface area (Å²) in [6, 6.07) is 21.3. The summed E-state index contributed by atoms with van der Waals surface area (Å²) in [5.74, 6) is -0.195. The van der Waals surface area contributed by atoms with Gasteiger partial charge in [0.1, 0.15) is 5.75 Å². The van der Waals surface area contributed by atoms with E-state index in [1.165, 1.54) is 24.1 Å². The number of phenolic OH excluding ortho intramolecular Hbond substituents is 1. The lowest BCUT2D eigenvalue weighted by Crippen LogP contribution is -2.24. The molecule has 1 unspecified atom stereocenters. The highest BCUT2D eigenvalue weighted by atomic mass is 32.2. The molecule has 1 heterocycles. The zero-order valence-electron chi connectivity index (χ0n) is 16.8. The van der Waals surface area contributed by atoms with Crippen LogP contribution in [0.25, 0.3) is 0 Å². The summed E-state index contributed by atoms with van der Waals surface area (Å²) < 4.78 is 28.3. The number of nitrogens with one attached hydrogen (secondary N) is 1. The van der Waals surface area contributed by atoms with E-state index in [1.807, 2.05) is 0 Å². The van der Waals surface area contributed by atoms with Crippen molar-refractivity contribution in [1.29, 1.82) is 0 Å². The molecule has 1 amide bonds. The molecule has 1 aliphatic rings. The molecule has 0 aliphatic carbocycles. The minimum absolute atomic E-state index is 0.0771. The Bertz CT molecular complexity index is 1260. The quantitative estimate of drug-likeness (QED) is 0.635. The van der Waals surface area contributed by atoms with E-state index >= 15 is 0 Å². The molecule has 31 heavy (non-hydrogen) atoms. The number of sulfonamides is 1. The first kappa shape index (κ1) is 20.6. The number of hydrazone groups is 1. The first-order valence-corrected chi connectivity index (χ1v) is 11.2. The highest BCUT2D eigenvalue weighted by Crippen LogP contribution is 2.38. The number of hydrogen-bond donors (Lipinski definition) is 2. The van der Waals surface area contributed by atoms with Gasteiger partial charge in [-0.25, -0.2) is 13.4 Å². The molecular formula is C23H21N3O4S. The predicted molar refractivity (Wildman–Crippen MR) is 118 cm³/mol. The largest absolute Gasteiger partial charge is 0.508 e. The molecule has 2 N–H and O–H groups in total. The van der Waals surface area contributed by atoms with Crippen molar-refractivity contribution in [2.45, 2.75) is 24.3 Å². The van der Waals surface area contributed by atoms with Gasteiger partial charge in [0.25, 0.3) is 10.0 Å². The Labute approximate surface area is 180 Å². The van der Waals surface area contributed by atoms with Crippen molar-refractivity contribution in [2.24, 2.45) is 5.10 Å². The van der Waals surface area contributed by atoms with Gasteiger partial charge in [-0.2, -0.15) is 5.10 Å². The number of hydrogen-bond acceptors (Lipinski definition) is 5. The molecule has 0 aromatic heterocycles. The van der Waals surface area contributed by atoms with Crippen molar-refractivity contribution >= 4 is 27.3 Å². The zero-order chi connectivity index (χ0) is 22.0. The summed E-state index contributed by atoms with van der Waals surface area (Å²) in [6.07, 6.45) is 0.335. The molecular weight excluding hydrogens is 414 g/mol. The Hall–Kier alpha value is -3.65. The number of para-hydroxylation sites is 2. The van der Waals surface area contributed by atoms with Crippen molar-refractivity contribution in [3.63, 3.8) is 0 Å². The summed E-state index contributed by atoms with van der Waals surface area (Å²) in [5, 5.41) is 16.1. The van der Waals surface area contributed by atoms with Gasteiger partial charge in [0.15, 0.2) is 0 Å². The van der Waals surface area contributed by atoms with Crippen LogP contribution in [0.2, 0.25) is 0 Å². The van der Waals surface area contributed by atoms with E-state index in [-0.39, 0.29) is 16.6 Å². The van der Waals surface area contributed by atoms with Crippen LogP contribution in [0.1, 0.15) is 30.5 Å². The minimum Gasteiger partial charge on any atom is -0.508 e. The molecule has 7 nitrogen and oxygen atoms in total. The van der Waals surface area contributed by atoms with Crippen molar-refractivity contribution in [1.82, 2.24) is 5.01 Å². The van der Waals surface area contributed by atoms with Gasteiger partial charge in [0.05, 0.1) is 22.3 Å². The molecule has 1 aliphatic heterocycles. The Balaban J connectivity index is 1.70. The van der Waals surface area contributed by atoms with Gasteiger partial charge < -0.3 is 5.11 Å². The van der Waals surface area contributed by atoms with Gasteiger partial charge >= 0.3 is 0 Å². The maximum absolute atomic E-state index is 12.8. The summed E-state index contributed by atoms with van der Waals surface area (Å²) >= 11 is 0. The molecule has 0 radical (unpaired) electrons. The van der Waals surface area contributed by atoms with E-state index in [4.69, 9.17) is 0 Å². The number of benzene rings is 3. The lowest BCUT2D eigenvalue weighted by Gasteiger charge is -2.21. The van der Waals surface area contributed by atoms with Gasteiger partial charge in [-0.15, -0.1) is 0 Å². The van der Waals surface area contributed by atoms with Crippen LogP contribution in [0.3, 0.4) is 0 Å². The molecule has 0 saturated carbocycles. The first-order valence-electron chi connectivity index (χ1n) is 9.69. The molecule has 4 rings (SSSR count). The third-order valence-electron chi connectivity index (χ3n) is 5.06. The summed E-state index contributed by atoms with van der Waals surface area (Å²) in [5.41, 5.74) is 2.08. The monoisotopic (exact) mass is 435 g/mol. The van der Waals surface area contributed by atoms with Gasteiger partial charge in [0.2, 0.25) is 5.91 Å². The van der Waals surface area contributed by atoms with Crippen LogP contribution in [-0.2, 0) is 14.8 Å². The number of carbonyl (C=O) groups excluding carboxylic acids is 1. The number of aromatic hydroxyl groups is 1. The molecule has 3 aromatic rings. The fourth-order valence-corrected chi connectivity index (χ4v) is 4.70. The first-order chi connectivity index (χ1) is 14.9. The summed E-state index contributed by atoms with van der Waals surface area (Å²) in [4.78, 5) is 12.4. The van der Waals surface area contributed by atoms with Gasteiger partial charge in [-0.3, -0.25) is 9.52 Å². The van der Waals surface area contributed by atoms with Crippen LogP contribution in [0, 0.1) is 0 Å².